The van der Waals surface area contributed by atoms with Gasteiger partial charge in [0.25, 0.3) is 0 Å². The van der Waals surface area contributed by atoms with E-state index in [1.807, 2.05) is 42.5 Å². The van der Waals surface area contributed by atoms with Crippen molar-refractivity contribution in [3.05, 3.63) is 83.4 Å². The molecule has 5 heteroatoms. The van der Waals surface area contributed by atoms with Crippen LogP contribution in [0.4, 0.5) is 0 Å². The van der Waals surface area contributed by atoms with Crippen LogP contribution in [0.2, 0.25) is 5.02 Å². The van der Waals surface area contributed by atoms with Crippen molar-refractivity contribution in [2.24, 2.45) is 0 Å². The molecule has 4 nitrogen and oxygen atoms in total. The van der Waals surface area contributed by atoms with Crippen LogP contribution in [0.15, 0.2) is 72.8 Å². The Balaban J connectivity index is 1.59. The van der Waals surface area contributed by atoms with Crippen molar-refractivity contribution in [3.8, 4) is 22.6 Å². The molecule has 0 spiro atoms. The molecule has 0 aliphatic heterocycles. The molecule has 0 radical (unpaired) electrons. The summed E-state index contributed by atoms with van der Waals surface area (Å²) < 4.78 is 18.2. The summed E-state index contributed by atoms with van der Waals surface area (Å²) in [5.74, 6) is 0.810. The number of carbonyl (C=O) groups is 1. The molecular weight excluding hydrogens is 556 g/mol. The molecular formula is C38H51ClO4. The van der Waals surface area contributed by atoms with E-state index in [4.69, 9.17) is 25.8 Å². The monoisotopic (exact) mass is 606 g/mol. The van der Waals surface area contributed by atoms with Gasteiger partial charge in [0, 0.05) is 6.42 Å². The molecule has 0 fully saturated rings. The Labute approximate surface area is 265 Å². The summed E-state index contributed by atoms with van der Waals surface area (Å²) in [4.78, 5) is 13.2. The third-order valence-corrected chi connectivity index (χ3v) is 8.02. The molecule has 0 N–H and O–H groups in total. The smallest absolute Gasteiger partial charge is 0.341 e. The maximum atomic E-state index is 13.2. The van der Waals surface area contributed by atoms with Crippen molar-refractivity contribution < 1.29 is 19.0 Å². The van der Waals surface area contributed by atoms with Crippen LogP contribution in [0.3, 0.4) is 0 Å². The second kappa shape index (κ2) is 20.1. The lowest BCUT2D eigenvalue weighted by molar-refractivity contribution is -0.0533. The van der Waals surface area contributed by atoms with E-state index in [1.165, 1.54) is 57.8 Å². The molecule has 0 aromatic heterocycles. The highest BCUT2D eigenvalue weighted by molar-refractivity contribution is 6.32. The second-order valence-corrected chi connectivity index (χ2v) is 11.9. The molecule has 0 amide bonds. The Morgan fingerprint density at radius 2 is 1.26 bits per heavy atom. The van der Waals surface area contributed by atoms with Crippen molar-refractivity contribution in [1.82, 2.24) is 0 Å². The first-order valence-electron chi connectivity index (χ1n) is 16.5. The van der Waals surface area contributed by atoms with Crippen LogP contribution >= 0.6 is 11.6 Å². The van der Waals surface area contributed by atoms with Gasteiger partial charge < -0.3 is 14.2 Å². The summed E-state index contributed by atoms with van der Waals surface area (Å²) in [6.45, 7) is 6.51. The Morgan fingerprint density at radius 1 is 0.674 bits per heavy atom. The lowest BCUT2D eigenvalue weighted by Crippen LogP contribution is -2.24. The van der Waals surface area contributed by atoms with Crippen LogP contribution in [-0.2, 0) is 4.74 Å². The minimum Gasteiger partial charge on any atom is -0.489 e. The summed E-state index contributed by atoms with van der Waals surface area (Å²) in [6.07, 6.45) is 15.4. The van der Waals surface area contributed by atoms with E-state index in [0.29, 0.717) is 28.5 Å². The average Bonchev–Trinajstić information content (AvgIpc) is 3.02. The molecule has 1 unspecified atom stereocenters. The molecule has 0 aliphatic rings. The SMILES string of the molecule is CCCCCCCCCCC(OC(=O)c1ccc(O[C@H](C)CCCCCC)c(Cl)c1)Oc1ccc(-c2ccccc2)cc1. The lowest BCUT2D eigenvalue weighted by Gasteiger charge is -2.20. The number of hydrogen-bond donors (Lipinski definition) is 0. The van der Waals surface area contributed by atoms with Crippen LogP contribution < -0.4 is 9.47 Å². The second-order valence-electron chi connectivity index (χ2n) is 11.5. The minimum atomic E-state index is -0.687. The maximum Gasteiger partial charge on any atom is 0.341 e. The van der Waals surface area contributed by atoms with E-state index in [-0.39, 0.29) is 6.10 Å². The predicted molar refractivity (Wildman–Crippen MR) is 179 cm³/mol. The maximum absolute atomic E-state index is 13.2. The fourth-order valence-electron chi connectivity index (χ4n) is 5.14. The number of benzene rings is 3. The van der Waals surface area contributed by atoms with Crippen LogP contribution in [-0.4, -0.2) is 18.4 Å². The number of halogens is 1. The van der Waals surface area contributed by atoms with Crippen molar-refractivity contribution >= 4 is 17.6 Å². The lowest BCUT2D eigenvalue weighted by atomic mass is 10.1. The quantitative estimate of drug-likeness (QED) is 0.0687. The van der Waals surface area contributed by atoms with Crippen LogP contribution in [0.1, 0.15) is 121 Å². The van der Waals surface area contributed by atoms with Gasteiger partial charge in [-0.1, -0.05) is 132 Å². The number of unbranched alkanes of at least 4 members (excludes halogenated alkanes) is 10. The molecule has 3 aromatic rings. The molecule has 0 heterocycles. The van der Waals surface area contributed by atoms with Gasteiger partial charge in [0.15, 0.2) is 0 Å². The largest absolute Gasteiger partial charge is 0.489 e. The van der Waals surface area contributed by atoms with E-state index >= 15 is 0 Å². The van der Waals surface area contributed by atoms with Gasteiger partial charge in [-0.3, -0.25) is 0 Å². The number of carbonyl (C=O) groups excluding carboxylic acids is 1. The molecule has 3 rings (SSSR count). The van der Waals surface area contributed by atoms with Gasteiger partial charge in [-0.15, -0.1) is 0 Å². The zero-order valence-electron chi connectivity index (χ0n) is 26.5. The van der Waals surface area contributed by atoms with Gasteiger partial charge in [-0.05, 0) is 67.6 Å². The van der Waals surface area contributed by atoms with E-state index in [0.717, 1.165) is 36.8 Å². The number of hydrogen-bond acceptors (Lipinski definition) is 4. The third-order valence-electron chi connectivity index (χ3n) is 7.72. The molecule has 2 atom stereocenters. The summed E-state index contributed by atoms with van der Waals surface area (Å²) in [6, 6.07) is 23.3. The number of ether oxygens (including phenoxy) is 3. The molecule has 0 saturated carbocycles. The van der Waals surface area contributed by atoms with Crippen molar-refractivity contribution in [1.29, 1.82) is 0 Å². The Hall–Kier alpha value is -2.98. The van der Waals surface area contributed by atoms with E-state index in [1.54, 1.807) is 18.2 Å². The summed E-state index contributed by atoms with van der Waals surface area (Å²) in [5, 5.41) is 0.409. The van der Waals surface area contributed by atoms with Crippen LogP contribution in [0, 0.1) is 0 Å². The fraction of sp³-hybridized carbons (Fsp3) is 0.500. The van der Waals surface area contributed by atoms with Gasteiger partial charge >= 0.3 is 5.97 Å². The first-order valence-corrected chi connectivity index (χ1v) is 16.9. The Bertz CT molecular complexity index is 1180. The van der Waals surface area contributed by atoms with Crippen LogP contribution in [0.5, 0.6) is 11.5 Å². The fourth-order valence-corrected chi connectivity index (χ4v) is 5.37. The van der Waals surface area contributed by atoms with Gasteiger partial charge in [0.2, 0.25) is 6.29 Å². The zero-order chi connectivity index (χ0) is 30.7. The predicted octanol–water partition coefficient (Wildman–Crippen LogP) is 11.8. The third kappa shape index (κ3) is 13.0. The highest BCUT2D eigenvalue weighted by Crippen LogP contribution is 2.29. The minimum absolute atomic E-state index is 0.0601. The summed E-state index contributed by atoms with van der Waals surface area (Å²) in [5.41, 5.74) is 2.64. The van der Waals surface area contributed by atoms with Crippen molar-refractivity contribution in [3.63, 3.8) is 0 Å². The first-order chi connectivity index (χ1) is 21.0. The van der Waals surface area contributed by atoms with E-state index in [9.17, 15) is 4.79 Å². The standard InChI is InChI=1S/C38H51ClO4/c1-4-6-8-10-11-12-13-18-22-37(42-34-26-23-32(24-27-34)31-20-16-14-17-21-31)43-38(40)33-25-28-36(35(39)29-33)41-30(3)19-15-9-7-5-2/h14,16-17,20-21,23-30,37H,4-13,15,18-19,22H2,1-3H3/t30-,37?/m1/s1. The van der Waals surface area contributed by atoms with E-state index in [2.05, 4.69) is 32.9 Å². The highest BCUT2D eigenvalue weighted by atomic mass is 35.5. The van der Waals surface area contributed by atoms with Gasteiger partial charge in [-0.25, -0.2) is 4.79 Å². The Kier molecular flexibility index (Phi) is 16.1. The Morgan fingerprint density at radius 3 is 1.91 bits per heavy atom. The zero-order valence-corrected chi connectivity index (χ0v) is 27.2. The van der Waals surface area contributed by atoms with Gasteiger partial charge in [0.1, 0.15) is 11.5 Å². The molecule has 43 heavy (non-hydrogen) atoms. The number of esters is 1. The molecule has 0 aliphatic carbocycles. The normalized spacial score (nSPS) is 12.5. The summed E-state index contributed by atoms with van der Waals surface area (Å²) >= 11 is 6.53. The molecule has 0 saturated heterocycles. The van der Waals surface area contributed by atoms with Gasteiger partial charge in [0.05, 0.1) is 16.7 Å². The average molecular weight is 607 g/mol. The van der Waals surface area contributed by atoms with Crippen molar-refractivity contribution in [2.75, 3.05) is 0 Å². The van der Waals surface area contributed by atoms with E-state index < -0.39 is 12.3 Å². The molecule has 3 aromatic carbocycles. The van der Waals surface area contributed by atoms with Gasteiger partial charge in [-0.2, -0.15) is 0 Å². The topological polar surface area (TPSA) is 44.8 Å². The molecule has 234 valence electrons. The van der Waals surface area contributed by atoms with Crippen molar-refractivity contribution in [2.45, 2.75) is 123 Å². The number of rotatable bonds is 21. The van der Waals surface area contributed by atoms with Crippen LogP contribution in [0.25, 0.3) is 11.1 Å². The molecule has 0 bridgehead atoms. The highest BCUT2D eigenvalue weighted by Gasteiger charge is 2.19. The summed E-state index contributed by atoms with van der Waals surface area (Å²) in [7, 11) is 0. The first kappa shape index (κ1) is 34.5.